The van der Waals surface area contributed by atoms with Gasteiger partial charge < -0.3 is 10.6 Å². The van der Waals surface area contributed by atoms with Crippen molar-refractivity contribution in [2.24, 2.45) is 0 Å². The molecular formula is C25H27F3N6O. The van der Waals surface area contributed by atoms with Crippen LogP contribution in [0, 0.1) is 0 Å². The maximum atomic E-state index is 13.0. The number of alkyl halides is 3. The van der Waals surface area contributed by atoms with Crippen molar-refractivity contribution in [1.82, 2.24) is 24.8 Å². The Balaban J connectivity index is 1.50. The van der Waals surface area contributed by atoms with E-state index in [0.717, 1.165) is 25.4 Å². The van der Waals surface area contributed by atoms with Gasteiger partial charge in [0.25, 0.3) is 5.91 Å². The highest BCUT2D eigenvalue weighted by Crippen LogP contribution is 2.30. The predicted molar refractivity (Wildman–Crippen MR) is 127 cm³/mol. The van der Waals surface area contributed by atoms with E-state index in [1.807, 2.05) is 4.90 Å². The summed E-state index contributed by atoms with van der Waals surface area (Å²) >= 11 is 0. The van der Waals surface area contributed by atoms with E-state index in [4.69, 9.17) is 5.73 Å². The number of nitrogens with zero attached hydrogens (tertiary/aromatic N) is 5. The molecule has 0 atom stereocenters. The first kappa shape index (κ1) is 24.6. The van der Waals surface area contributed by atoms with Crippen LogP contribution in [0.3, 0.4) is 0 Å². The number of nitrogen functional groups attached to an aromatic ring is 1. The van der Waals surface area contributed by atoms with E-state index in [-0.39, 0.29) is 23.0 Å². The van der Waals surface area contributed by atoms with Gasteiger partial charge in [-0.25, -0.2) is 9.97 Å². The summed E-state index contributed by atoms with van der Waals surface area (Å²) < 4.78 is 38.4. The fourth-order valence-electron chi connectivity index (χ4n) is 4.00. The number of anilines is 1. The Hall–Kier alpha value is -3.53. The molecule has 1 aliphatic rings. The summed E-state index contributed by atoms with van der Waals surface area (Å²) in [4.78, 5) is 29.3. The molecule has 1 aromatic carbocycles. The number of rotatable bonds is 3. The van der Waals surface area contributed by atoms with Crippen molar-refractivity contribution in [2.45, 2.75) is 32.5 Å². The van der Waals surface area contributed by atoms with Crippen LogP contribution in [0.25, 0.3) is 22.5 Å². The third kappa shape index (κ3) is 5.43. The van der Waals surface area contributed by atoms with Crippen molar-refractivity contribution in [3.05, 3.63) is 60.0 Å². The summed E-state index contributed by atoms with van der Waals surface area (Å²) in [6, 6.07) is 9.17. The highest BCUT2D eigenvalue weighted by atomic mass is 19.4. The van der Waals surface area contributed by atoms with Gasteiger partial charge in [0.05, 0.1) is 11.9 Å². The van der Waals surface area contributed by atoms with Gasteiger partial charge in [0.2, 0.25) is 0 Å². The lowest BCUT2D eigenvalue weighted by Gasteiger charge is -2.42. The molecule has 1 aliphatic heterocycles. The van der Waals surface area contributed by atoms with Crippen molar-refractivity contribution in [1.29, 1.82) is 0 Å². The maximum absolute atomic E-state index is 13.0. The van der Waals surface area contributed by atoms with Crippen LogP contribution in [0.5, 0.6) is 0 Å². The molecule has 2 aromatic heterocycles. The SMILES string of the molecule is CC(C)(C)N1CCN(C(=O)c2ccc(-c3cnc(N)c(-c4ccc(C(F)(F)F)nc4)n3)cc2)CC1. The molecule has 0 aliphatic carbocycles. The molecule has 1 amide bonds. The monoisotopic (exact) mass is 484 g/mol. The Bertz CT molecular complexity index is 1200. The summed E-state index contributed by atoms with van der Waals surface area (Å²) in [5.41, 5.74) is 7.33. The smallest absolute Gasteiger partial charge is 0.382 e. The number of carbonyl (C=O) groups excluding carboxylic acids is 1. The van der Waals surface area contributed by atoms with Gasteiger partial charge >= 0.3 is 6.18 Å². The molecule has 2 N–H and O–H groups in total. The summed E-state index contributed by atoms with van der Waals surface area (Å²) in [6.45, 7) is 9.51. The van der Waals surface area contributed by atoms with Gasteiger partial charge in [-0.2, -0.15) is 13.2 Å². The summed E-state index contributed by atoms with van der Waals surface area (Å²) in [5.74, 6) is 0.0570. The van der Waals surface area contributed by atoms with Gasteiger partial charge in [0, 0.05) is 54.6 Å². The highest BCUT2D eigenvalue weighted by Gasteiger charge is 2.32. The summed E-state index contributed by atoms with van der Waals surface area (Å²) in [7, 11) is 0. The quantitative estimate of drug-likeness (QED) is 0.594. The van der Waals surface area contributed by atoms with Crippen LogP contribution in [0.15, 0.2) is 48.8 Å². The molecule has 3 aromatic rings. The minimum atomic E-state index is -4.53. The van der Waals surface area contributed by atoms with Crippen LogP contribution < -0.4 is 5.73 Å². The van der Waals surface area contributed by atoms with Crippen LogP contribution in [0.1, 0.15) is 36.8 Å². The molecule has 0 saturated carbocycles. The van der Waals surface area contributed by atoms with E-state index >= 15 is 0 Å². The van der Waals surface area contributed by atoms with Crippen molar-refractivity contribution in [3.63, 3.8) is 0 Å². The first-order valence-corrected chi connectivity index (χ1v) is 11.2. The minimum Gasteiger partial charge on any atom is -0.382 e. The second-order valence-electron chi connectivity index (χ2n) is 9.45. The zero-order valence-electron chi connectivity index (χ0n) is 19.8. The Morgan fingerprint density at radius 3 is 2.06 bits per heavy atom. The molecule has 0 bridgehead atoms. The van der Waals surface area contributed by atoms with E-state index in [9.17, 15) is 18.0 Å². The third-order valence-electron chi connectivity index (χ3n) is 6.07. The van der Waals surface area contributed by atoms with Crippen molar-refractivity contribution in [2.75, 3.05) is 31.9 Å². The number of halogens is 3. The second-order valence-corrected chi connectivity index (χ2v) is 9.45. The normalized spacial score (nSPS) is 15.3. The van der Waals surface area contributed by atoms with Gasteiger partial charge in [-0.05, 0) is 45.0 Å². The van der Waals surface area contributed by atoms with Crippen molar-refractivity contribution >= 4 is 11.7 Å². The molecule has 35 heavy (non-hydrogen) atoms. The first-order chi connectivity index (χ1) is 16.4. The average Bonchev–Trinajstić information content (AvgIpc) is 2.83. The topological polar surface area (TPSA) is 88.2 Å². The number of hydrogen-bond donors (Lipinski definition) is 1. The second kappa shape index (κ2) is 9.26. The lowest BCUT2D eigenvalue weighted by molar-refractivity contribution is -0.141. The zero-order chi connectivity index (χ0) is 25.4. The fourth-order valence-corrected chi connectivity index (χ4v) is 4.00. The van der Waals surface area contributed by atoms with Crippen LogP contribution in [-0.2, 0) is 6.18 Å². The number of benzene rings is 1. The zero-order valence-corrected chi connectivity index (χ0v) is 19.8. The molecular weight excluding hydrogens is 457 g/mol. The van der Waals surface area contributed by atoms with E-state index in [1.165, 1.54) is 12.3 Å². The van der Waals surface area contributed by atoms with Gasteiger partial charge in [0.1, 0.15) is 17.2 Å². The van der Waals surface area contributed by atoms with Gasteiger partial charge in [0.15, 0.2) is 0 Å². The molecule has 1 fully saturated rings. The number of nitrogens with two attached hydrogens (primary N) is 1. The molecule has 1 saturated heterocycles. The van der Waals surface area contributed by atoms with Crippen molar-refractivity contribution < 1.29 is 18.0 Å². The van der Waals surface area contributed by atoms with E-state index in [0.29, 0.717) is 35.5 Å². The van der Waals surface area contributed by atoms with Crippen LogP contribution >= 0.6 is 0 Å². The van der Waals surface area contributed by atoms with Gasteiger partial charge in [-0.3, -0.25) is 14.7 Å². The Morgan fingerprint density at radius 2 is 1.51 bits per heavy atom. The highest BCUT2D eigenvalue weighted by molar-refractivity contribution is 5.94. The molecule has 4 rings (SSSR count). The van der Waals surface area contributed by atoms with E-state index in [1.54, 1.807) is 24.3 Å². The van der Waals surface area contributed by atoms with Crippen molar-refractivity contribution in [3.8, 4) is 22.5 Å². The Morgan fingerprint density at radius 1 is 0.886 bits per heavy atom. The lowest BCUT2D eigenvalue weighted by atomic mass is 10.0. The summed E-state index contributed by atoms with van der Waals surface area (Å²) in [5, 5.41) is 0. The maximum Gasteiger partial charge on any atom is 0.433 e. The predicted octanol–water partition coefficient (Wildman–Crippen LogP) is 4.36. The standard InChI is InChI=1S/C25H27F3N6O/c1-24(2,3)34-12-10-33(11-13-34)23(35)17-6-4-16(5-7-17)19-15-31-22(29)21(32-19)18-8-9-20(30-14-18)25(26,27)28/h4-9,14-15H,10-13H2,1-3H3,(H2,29,31). The van der Waals surface area contributed by atoms with E-state index < -0.39 is 11.9 Å². The first-order valence-electron chi connectivity index (χ1n) is 11.2. The largest absolute Gasteiger partial charge is 0.433 e. The van der Waals surface area contributed by atoms with Crippen LogP contribution in [0.4, 0.5) is 19.0 Å². The molecule has 7 nitrogen and oxygen atoms in total. The third-order valence-corrected chi connectivity index (χ3v) is 6.07. The Labute approximate surface area is 201 Å². The molecule has 3 heterocycles. The average molecular weight is 485 g/mol. The molecule has 184 valence electrons. The van der Waals surface area contributed by atoms with Gasteiger partial charge in [-0.15, -0.1) is 0 Å². The molecule has 0 unspecified atom stereocenters. The number of hydrogen-bond acceptors (Lipinski definition) is 6. The van der Waals surface area contributed by atoms with E-state index in [2.05, 4.69) is 40.6 Å². The number of aromatic nitrogens is 3. The number of pyridine rings is 1. The van der Waals surface area contributed by atoms with Crippen LogP contribution in [-0.4, -0.2) is 62.4 Å². The Kier molecular flexibility index (Phi) is 6.50. The number of carbonyl (C=O) groups is 1. The lowest BCUT2D eigenvalue weighted by Crippen LogP contribution is -2.54. The molecule has 0 spiro atoms. The fraction of sp³-hybridized carbons (Fsp3) is 0.360. The van der Waals surface area contributed by atoms with Gasteiger partial charge in [-0.1, -0.05) is 12.1 Å². The molecule has 0 radical (unpaired) electrons. The number of piperazine rings is 1. The van der Waals surface area contributed by atoms with Crippen LogP contribution in [0.2, 0.25) is 0 Å². The molecule has 10 heteroatoms. The number of amides is 1. The minimum absolute atomic E-state index is 0.0231. The summed E-state index contributed by atoms with van der Waals surface area (Å²) in [6.07, 6.45) is -1.97.